The third kappa shape index (κ3) is 4.67. The van der Waals surface area contributed by atoms with Crippen molar-refractivity contribution in [2.24, 2.45) is 0 Å². The number of aromatic nitrogens is 2. The largest absolute Gasteiger partial charge is 0.333 e. The number of carbonyl (C=O) groups is 1. The summed E-state index contributed by atoms with van der Waals surface area (Å²) in [7, 11) is 0. The molecule has 0 bridgehead atoms. The fraction of sp³-hybridized carbons (Fsp3) is 0.542. The number of hydrogen-bond acceptors (Lipinski definition) is 4. The minimum atomic E-state index is 0.0521. The van der Waals surface area contributed by atoms with Gasteiger partial charge in [-0.3, -0.25) is 9.69 Å². The third-order valence-electron chi connectivity index (χ3n) is 6.48. The lowest BCUT2D eigenvalue weighted by Gasteiger charge is -2.35. The first-order chi connectivity index (χ1) is 14.1. The summed E-state index contributed by atoms with van der Waals surface area (Å²) in [5.74, 6) is 1.54. The van der Waals surface area contributed by atoms with E-state index in [0.29, 0.717) is 5.92 Å². The summed E-state index contributed by atoms with van der Waals surface area (Å²) in [6.45, 7) is 7.87. The molecule has 1 saturated heterocycles. The van der Waals surface area contributed by atoms with E-state index in [0.717, 1.165) is 64.1 Å². The first kappa shape index (κ1) is 20.0. The van der Waals surface area contributed by atoms with E-state index >= 15 is 0 Å². The first-order valence-electron chi connectivity index (χ1n) is 11.0. The SMILES string of the molecule is CC(=O)N1CCCC[C@H]1c1ncc2c(n1)CCN(CC[C@@H](C)c1ccccc1)C2. The summed E-state index contributed by atoms with van der Waals surface area (Å²) in [4.78, 5) is 26.1. The highest BCUT2D eigenvalue weighted by atomic mass is 16.2. The lowest BCUT2D eigenvalue weighted by atomic mass is 9.97. The molecule has 5 heteroatoms. The molecule has 29 heavy (non-hydrogen) atoms. The molecule has 0 unspecified atom stereocenters. The Bertz CT molecular complexity index is 838. The van der Waals surface area contributed by atoms with E-state index in [1.165, 1.54) is 16.8 Å². The van der Waals surface area contributed by atoms with E-state index in [-0.39, 0.29) is 11.9 Å². The zero-order chi connectivity index (χ0) is 20.2. The van der Waals surface area contributed by atoms with Crippen molar-refractivity contribution in [3.8, 4) is 0 Å². The molecule has 1 fully saturated rings. The van der Waals surface area contributed by atoms with Crippen LogP contribution in [0.1, 0.15) is 74.1 Å². The summed E-state index contributed by atoms with van der Waals surface area (Å²) >= 11 is 0. The predicted octanol–water partition coefficient (Wildman–Crippen LogP) is 4.10. The van der Waals surface area contributed by atoms with Crippen molar-refractivity contribution < 1.29 is 4.79 Å². The second kappa shape index (κ2) is 9.04. The molecule has 2 aromatic rings. The average molecular weight is 393 g/mol. The van der Waals surface area contributed by atoms with Gasteiger partial charge in [0.2, 0.25) is 5.91 Å². The molecular formula is C24H32N4O. The number of carbonyl (C=O) groups excluding carboxylic acids is 1. The van der Waals surface area contributed by atoms with Gasteiger partial charge < -0.3 is 4.90 Å². The van der Waals surface area contributed by atoms with Crippen molar-refractivity contribution in [2.45, 2.75) is 64.5 Å². The number of fused-ring (bicyclic) bond motifs is 1. The Morgan fingerprint density at radius 2 is 2.03 bits per heavy atom. The molecule has 2 aliphatic rings. The molecular weight excluding hydrogens is 360 g/mol. The highest BCUT2D eigenvalue weighted by molar-refractivity contribution is 5.73. The van der Waals surface area contributed by atoms with Gasteiger partial charge in [0.15, 0.2) is 5.82 Å². The standard InChI is InChI=1S/C24H32N4O/c1-18(20-8-4-3-5-9-20)11-14-27-15-12-22-21(17-27)16-25-24(26-22)23-10-6-7-13-28(23)19(2)29/h3-5,8-9,16,18,23H,6-7,10-15,17H2,1-2H3/t18-,23+/m1/s1. The van der Waals surface area contributed by atoms with Gasteiger partial charge in [0.25, 0.3) is 0 Å². The molecule has 0 spiro atoms. The van der Waals surface area contributed by atoms with Crippen LogP contribution in [0.5, 0.6) is 0 Å². The molecule has 0 aliphatic carbocycles. The molecule has 0 radical (unpaired) electrons. The Balaban J connectivity index is 1.38. The van der Waals surface area contributed by atoms with Crippen LogP contribution in [0, 0.1) is 0 Å². The molecule has 2 atom stereocenters. The Hall–Kier alpha value is -2.27. The van der Waals surface area contributed by atoms with Gasteiger partial charge in [0.05, 0.1) is 6.04 Å². The van der Waals surface area contributed by atoms with Crippen LogP contribution in [0.2, 0.25) is 0 Å². The number of piperidine rings is 1. The van der Waals surface area contributed by atoms with Crippen LogP contribution in [-0.4, -0.2) is 45.3 Å². The molecule has 3 heterocycles. The smallest absolute Gasteiger partial charge is 0.220 e. The second-order valence-electron chi connectivity index (χ2n) is 8.55. The van der Waals surface area contributed by atoms with Crippen molar-refractivity contribution in [3.63, 3.8) is 0 Å². The summed E-state index contributed by atoms with van der Waals surface area (Å²) in [5, 5.41) is 0. The zero-order valence-corrected chi connectivity index (χ0v) is 17.7. The quantitative estimate of drug-likeness (QED) is 0.769. The molecule has 1 aromatic heterocycles. The maximum atomic E-state index is 12.0. The van der Waals surface area contributed by atoms with Crippen LogP contribution >= 0.6 is 0 Å². The lowest BCUT2D eigenvalue weighted by Crippen LogP contribution is -2.38. The van der Waals surface area contributed by atoms with Crippen LogP contribution in [0.15, 0.2) is 36.5 Å². The van der Waals surface area contributed by atoms with Gasteiger partial charge in [0.1, 0.15) is 0 Å². The topological polar surface area (TPSA) is 49.3 Å². The molecule has 1 amide bonds. The Morgan fingerprint density at radius 3 is 2.83 bits per heavy atom. The highest BCUT2D eigenvalue weighted by Gasteiger charge is 2.29. The summed E-state index contributed by atoms with van der Waals surface area (Å²) in [6.07, 6.45) is 7.34. The summed E-state index contributed by atoms with van der Waals surface area (Å²) in [6, 6.07) is 10.8. The average Bonchev–Trinajstić information content (AvgIpc) is 2.77. The van der Waals surface area contributed by atoms with Gasteiger partial charge in [-0.15, -0.1) is 0 Å². The highest BCUT2D eigenvalue weighted by Crippen LogP contribution is 2.30. The summed E-state index contributed by atoms with van der Waals surface area (Å²) < 4.78 is 0. The van der Waals surface area contributed by atoms with E-state index in [2.05, 4.69) is 42.2 Å². The van der Waals surface area contributed by atoms with Crippen molar-refractivity contribution in [1.82, 2.24) is 19.8 Å². The molecule has 154 valence electrons. The Morgan fingerprint density at radius 1 is 1.21 bits per heavy atom. The number of likely N-dealkylation sites (tertiary alicyclic amines) is 1. The van der Waals surface area contributed by atoms with Crippen LogP contribution in [-0.2, 0) is 17.8 Å². The zero-order valence-electron chi connectivity index (χ0n) is 17.7. The van der Waals surface area contributed by atoms with E-state index < -0.39 is 0 Å². The van der Waals surface area contributed by atoms with Crippen LogP contribution < -0.4 is 0 Å². The van der Waals surface area contributed by atoms with Crippen molar-refractivity contribution in [1.29, 1.82) is 0 Å². The van der Waals surface area contributed by atoms with Crippen LogP contribution in [0.3, 0.4) is 0 Å². The Kier molecular flexibility index (Phi) is 6.24. The molecule has 0 saturated carbocycles. The van der Waals surface area contributed by atoms with Crippen LogP contribution in [0.4, 0.5) is 0 Å². The van der Waals surface area contributed by atoms with E-state index in [4.69, 9.17) is 9.97 Å². The van der Waals surface area contributed by atoms with E-state index in [1.807, 2.05) is 11.1 Å². The van der Waals surface area contributed by atoms with E-state index in [1.54, 1.807) is 6.92 Å². The maximum absolute atomic E-state index is 12.0. The number of amides is 1. The second-order valence-corrected chi connectivity index (χ2v) is 8.55. The molecule has 1 aromatic carbocycles. The van der Waals surface area contributed by atoms with Gasteiger partial charge >= 0.3 is 0 Å². The number of hydrogen-bond donors (Lipinski definition) is 0. The van der Waals surface area contributed by atoms with Gasteiger partial charge in [-0.1, -0.05) is 37.3 Å². The monoisotopic (exact) mass is 392 g/mol. The van der Waals surface area contributed by atoms with Crippen molar-refractivity contribution >= 4 is 5.91 Å². The van der Waals surface area contributed by atoms with Gasteiger partial charge in [-0.25, -0.2) is 9.97 Å². The molecule has 0 N–H and O–H groups in total. The fourth-order valence-corrected chi connectivity index (χ4v) is 4.64. The van der Waals surface area contributed by atoms with Gasteiger partial charge in [-0.05, 0) is 43.7 Å². The van der Waals surface area contributed by atoms with Crippen molar-refractivity contribution in [3.05, 3.63) is 59.2 Å². The minimum absolute atomic E-state index is 0.0521. The maximum Gasteiger partial charge on any atom is 0.220 e. The minimum Gasteiger partial charge on any atom is -0.333 e. The van der Waals surface area contributed by atoms with Crippen LogP contribution in [0.25, 0.3) is 0 Å². The molecule has 4 rings (SSSR count). The normalized spacial score (nSPS) is 20.9. The molecule has 2 aliphatic heterocycles. The lowest BCUT2D eigenvalue weighted by molar-refractivity contribution is -0.132. The molecule has 5 nitrogen and oxygen atoms in total. The van der Waals surface area contributed by atoms with E-state index in [9.17, 15) is 4.79 Å². The number of benzene rings is 1. The van der Waals surface area contributed by atoms with Gasteiger partial charge in [-0.2, -0.15) is 0 Å². The Labute approximate surface area is 174 Å². The van der Waals surface area contributed by atoms with Gasteiger partial charge in [0, 0.05) is 50.4 Å². The first-order valence-corrected chi connectivity index (χ1v) is 11.0. The fourth-order valence-electron chi connectivity index (χ4n) is 4.64. The summed E-state index contributed by atoms with van der Waals surface area (Å²) in [5.41, 5.74) is 3.84. The third-order valence-corrected chi connectivity index (χ3v) is 6.48. The predicted molar refractivity (Wildman–Crippen MR) is 114 cm³/mol. The number of rotatable bonds is 5. The number of nitrogens with zero attached hydrogens (tertiary/aromatic N) is 4. The van der Waals surface area contributed by atoms with Crippen molar-refractivity contribution in [2.75, 3.05) is 19.6 Å².